The molecule has 0 amide bonds. The second kappa shape index (κ2) is 5.68. The number of sulfonamides is 1. The summed E-state index contributed by atoms with van der Waals surface area (Å²) in [6, 6.07) is 1.46. The number of nitro groups is 1. The number of carboxylic acid groups (broad SMARTS) is 1. The van der Waals surface area contributed by atoms with Crippen LogP contribution in [0.1, 0.15) is 24.8 Å². The lowest BCUT2D eigenvalue weighted by atomic mass is 9.89. The van der Waals surface area contributed by atoms with Crippen LogP contribution in [-0.2, 0) is 14.8 Å². The second-order valence-electron chi connectivity index (χ2n) is 6.17. The molecule has 2 aliphatic rings. The number of carboxylic acids is 1. The van der Waals surface area contributed by atoms with Crippen molar-refractivity contribution in [2.45, 2.75) is 43.2 Å². The molecule has 2 heterocycles. The zero-order valence-corrected chi connectivity index (χ0v) is 14.2. The molecule has 0 aliphatic carbocycles. The van der Waals surface area contributed by atoms with E-state index in [1.807, 2.05) is 0 Å². The molecule has 2 bridgehead atoms. The van der Waals surface area contributed by atoms with E-state index in [-0.39, 0.29) is 11.3 Å². The molecule has 2 fully saturated rings. The number of fused-ring (bicyclic) bond motifs is 2. The van der Waals surface area contributed by atoms with Gasteiger partial charge in [-0.2, -0.15) is 4.31 Å². The number of carbonyl (C=O) groups is 1. The lowest BCUT2D eigenvalue weighted by Crippen LogP contribution is -2.38. The Morgan fingerprint density at radius 1 is 1.42 bits per heavy atom. The van der Waals surface area contributed by atoms with E-state index in [9.17, 15) is 28.4 Å². The summed E-state index contributed by atoms with van der Waals surface area (Å²) in [5, 5.41) is 19.9. The van der Waals surface area contributed by atoms with Crippen LogP contribution in [0.3, 0.4) is 0 Å². The second-order valence-corrected chi connectivity index (χ2v) is 8.36. The number of hydrogen-bond donors (Lipinski definition) is 1. The van der Waals surface area contributed by atoms with Gasteiger partial charge in [0.05, 0.1) is 10.8 Å². The van der Waals surface area contributed by atoms with Gasteiger partial charge >= 0.3 is 5.97 Å². The van der Waals surface area contributed by atoms with Crippen LogP contribution < -0.4 is 0 Å². The van der Waals surface area contributed by atoms with Crippen LogP contribution in [0.4, 0.5) is 5.69 Å². The van der Waals surface area contributed by atoms with Gasteiger partial charge in [0.1, 0.15) is 9.92 Å². The first-order valence-corrected chi connectivity index (χ1v) is 9.17. The topological polar surface area (TPSA) is 118 Å². The molecule has 3 rings (SSSR count). The smallest absolute Gasteiger partial charge is 0.308 e. The number of nitro benzene ring substituents is 1. The third-order valence-electron chi connectivity index (χ3n) is 4.71. The number of aliphatic carboxylic acids is 1. The van der Waals surface area contributed by atoms with Crippen LogP contribution in [0.5, 0.6) is 0 Å². The number of benzene rings is 1. The summed E-state index contributed by atoms with van der Waals surface area (Å²) in [6.45, 7) is 1.54. The average molecular weight is 375 g/mol. The molecule has 0 radical (unpaired) electrons. The van der Waals surface area contributed by atoms with Gasteiger partial charge in [-0.05, 0) is 37.8 Å². The molecular weight excluding hydrogens is 360 g/mol. The molecule has 130 valence electrons. The molecule has 0 aromatic heterocycles. The minimum atomic E-state index is -4.12. The van der Waals surface area contributed by atoms with Crippen LogP contribution >= 0.6 is 11.6 Å². The maximum Gasteiger partial charge on any atom is 0.308 e. The van der Waals surface area contributed by atoms with E-state index in [2.05, 4.69) is 0 Å². The molecule has 2 saturated heterocycles. The van der Waals surface area contributed by atoms with E-state index < -0.39 is 49.6 Å². The van der Waals surface area contributed by atoms with Crippen LogP contribution in [0.2, 0.25) is 5.02 Å². The summed E-state index contributed by atoms with van der Waals surface area (Å²) in [6.07, 6.45) is 1.30. The Kier molecular flexibility index (Phi) is 4.05. The van der Waals surface area contributed by atoms with Crippen LogP contribution in [0, 0.1) is 23.0 Å². The third kappa shape index (κ3) is 2.47. The largest absolute Gasteiger partial charge is 0.481 e. The summed E-state index contributed by atoms with van der Waals surface area (Å²) in [5.41, 5.74) is -0.0810. The van der Waals surface area contributed by atoms with Crippen molar-refractivity contribution >= 4 is 33.3 Å². The van der Waals surface area contributed by atoms with Crippen molar-refractivity contribution in [2.75, 3.05) is 0 Å². The lowest BCUT2D eigenvalue weighted by Gasteiger charge is -2.23. The first-order chi connectivity index (χ1) is 11.1. The van der Waals surface area contributed by atoms with Crippen molar-refractivity contribution in [3.63, 3.8) is 0 Å². The number of nitrogens with zero attached hydrogens (tertiary/aromatic N) is 2. The lowest BCUT2D eigenvalue weighted by molar-refractivity contribution is -0.385. The Morgan fingerprint density at radius 3 is 2.62 bits per heavy atom. The highest BCUT2D eigenvalue weighted by atomic mass is 35.5. The fourth-order valence-corrected chi connectivity index (χ4v) is 6.29. The zero-order chi connectivity index (χ0) is 17.8. The number of halogens is 1. The van der Waals surface area contributed by atoms with E-state index in [0.29, 0.717) is 18.4 Å². The molecule has 0 spiro atoms. The van der Waals surface area contributed by atoms with Gasteiger partial charge in [-0.15, -0.1) is 0 Å². The fraction of sp³-hybridized carbons (Fsp3) is 0.500. The number of hydrogen-bond acceptors (Lipinski definition) is 5. The minimum absolute atomic E-state index is 0.255. The fourth-order valence-electron chi connectivity index (χ4n) is 3.73. The number of aryl methyl sites for hydroxylation is 1. The van der Waals surface area contributed by atoms with E-state index in [0.717, 1.165) is 0 Å². The Labute approximate surface area is 143 Å². The quantitative estimate of drug-likeness (QED) is 0.637. The van der Waals surface area contributed by atoms with Gasteiger partial charge in [0.25, 0.3) is 5.69 Å². The van der Waals surface area contributed by atoms with E-state index >= 15 is 0 Å². The van der Waals surface area contributed by atoms with Crippen molar-refractivity contribution in [3.05, 3.63) is 32.8 Å². The predicted octanol–water partition coefficient (Wildman–Crippen LogP) is 2.18. The molecule has 8 nitrogen and oxygen atoms in total. The van der Waals surface area contributed by atoms with Gasteiger partial charge in [-0.25, -0.2) is 8.42 Å². The Balaban J connectivity index is 2.10. The van der Waals surface area contributed by atoms with E-state index in [4.69, 9.17) is 11.6 Å². The Bertz CT molecular complexity index is 840. The molecule has 3 atom stereocenters. The monoisotopic (exact) mass is 374 g/mol. The predicted molar refractivity (Wildman–Crippen MR) is 84.4 cm³/mol. The summed E-state index contributed by atoms with van der Waals surface area (Å²) >= 11 is 5.99. The molecule has 3 unspecified atom stereocenters. The molecule has 2 aliphatic heterocycles. The van der Waals surface area contributed by atoms with Crippen molar-refractivity contribution in [1.82, 2.24) is 4.31 Å². The van der Waals surface area contributed by atoms with Crippen molar-refractivity contribution in [1.29, 1.82) is 0 Å². The van der Waals surface area contributed by atoms with Crippen LogP contribution in [0.25, 0.3) is 0 Å². The van der Waals surface area contributed by atoms with E-state index in [1.54, 1.807) is 6.92 Å². The van der Waals surface area contributed by atoms with Gasteiger partial charge < -0.3 is 5.11 Å². The Hall–Kier alpha value is -1.71. The Morgan fingerprint density at radius 2 is 2.08 bits per heavy atom. The van der Waals surface area contributed by atoms with Crippen molar-refractivity contribution < 1.29 is 23.2 Å². The summed E-state index contributed by atoms with van der Waals surface area (Å²) in [4.78, 5) is 21.4. The molecule has 10 heteroatoms. The standard InChI is InChI=1S/C14H15ClN2O6S/c1-7-4-11(17(20)21)13(15)12(5-7)24(22,23)16-8-2-3-10(16)9(6-8)14(18)19/h4-5,8-10H,2-3,6H2,1H3,(H,18,19). The SMILES string of the molecule is Cc1cc([N+](=O)[O-])c(Cl)c(S(=O)(=O)N2C3CCC2C(C(=O)O)C3)c1. The highest BCUT2D eigenvalue weighted by Crippen LogP contribution is 2.46. The summed E-state index contributed by atoms with van der Waals surface area (Å²) < 4.78 is 27.3. The molecule has 0 saturated carbocycles. The molecule has 1 aromatic rings. The van der Waals surface area contributed by atoms with Crippen LogP contribution in [-0.4, -0.2) is 40.8 Å². The van der Waals surface area contributed by atoms with Gasteiger partial charge in [0, 0.05) is 18.2 Å². The molecule has 24 heavy (non-hydrogen) atoms. The van der Waals surface area contributed by atoms with Crippen LogP contribution in [0.15, 0.2) is 17.0 Å². The third-order valence-corrected chi connectivity index (χ3v) is 7.22. The van der Waals surface area contributed by atoms with Crippen molar-refractivity contribution in [2.24, 2.45) is 5.92 Å². The summed E-state index contributed by atoms with van der Waals surface area (Å²) in [7, 11) is -4.12. The van der Waals surface area contributed by atoms with Gasteiger partial charge in [0.2, 0.25) is 10.0 Å². The zero-order valence-electron chi connectivity index (χ0n) is 12.7. The first kappa shape index (κ1) is 17.1. The first-order valence-electron chi connectivity index (χ1n) is 7.35. The maximum absolute atomic E-state index is 13.0. The highest BCUT2D eigenvalue weighted by Gasteiger charge is 2.55. The molecule has 1 N–H and O–H groups in total. The van der Waals surface area contributed by atoms with Gasteiger partial charge in [-0.3, -0.25) is 14.9 Å². The highest BCUT2D eigenvalue weighted by molar-refractivity contribution is 7.89. The minimum Gasteiger partial charge on any atom is -0.481 e. The van der Waals surface area contributed by atoms with Gasteiger partial charge in [-0.1, -0.05) is 11.6 Å². The van der Waals surface area contributed by atoms with Crippen molar-refractivity contribution in [3.8, 4) is 0 Å². The maximum atomic E-state index is 13.0. The van der Waals surface area contributed by atoms with Gasteiger partial charge in [0.15, 0.2) is 0 Å². The number of rotatable bonds is 4. The average Bonchev–Trinajstić information content (AvgIpc) is 3.07. The molecule has 1 aromatic carbocycles. The normalized spacial score (nSPS) is 26.7. The van der Waals surface area contributed by atoms with E-state index in [1.165, 1.54) is 16.4 Å². The summed E-state index contributed by atoms with van der Waals surface area (Å²) in [5.74, 6) is -1.78. The molecular formula is C14H15ClN2O6S.